The monoisotopic (exact) mass is 143 g/mol. The first-order chi connectivity index (χ1) is 4.45. The molecule has 0 spiro atoms. The second-order valence-electron chi connectivity index (χ2n) is 3.52. The van der Waals surface area contributed by atoms with Gasteiger partial charge in [0.25, 0.3) is 0 Å². The van der Waals surface area contributed by atoms with E-state index in [9.17, 15) is 0 Å². The van der Waals surface area contributed by atoms with Gasteiger partial charge in [-0.15, -0.1) is 0 Å². The molecule has 0 amide bonds. The minimum atomic E-state index is -0.0688. The van der Waals surface area contributed by atoms with Crippen LogP contribution in [0.3, 0.4) is 0 Å². The van der Waals surface area contributed by atoms with E-state index in [4.69, 9.17) is 11.5 Å². The van der Waals surface area contributed by atoms with Crippen LogP contribution in [0.1, 0.15) is 33.6 Å². The van der Waals surface area contributed by atoms with Crippen molar-refractivity contribution in [2.45, 2.75) is 45.2 Å². The van der Waals surface area contributed by atoms with E-state index in [1.165, 1.54) is 0 Å². The van der Waals surface area contributed by atoms with Crippen LogP contribution < -0.4 is 11.5 Å². The Morgan fingerprint density at radius 1 is 1.50 bits per heavy atom. The van der Waals surface area contributed by atoms with Gasteiger partial charge in [-0.05, 0) is 33.1 Å². The van der Waals surface area contributed by atoms with Crippen molar-refractivity contribution in [2.75, 3.05) is 0 Å². The summed E-state index contributed by atoms with van der Waals surface area (Å²) in [5.74, 6) is 0. The summed E-state index contributed by atoms with van der Waals surface area (Å²) in [6.45, 7) is 6.03. The fourth-order valence-corrected chi connectivity index (χ4v) is 0.705. The van der Waals surface area contributed by atoms with Gasteiger partial charge in [0.05, 0.1) is 0 Å². The number of nitrogens with two attached hydrogens (primary N) is 2. The minimum absolute atomic E-state index is 0.0688. The molecule has 0 saturated heterocycles. The summed E-state index contributed by atoms with van der Waals surface area (Å²) >= 11 is 0. The van der Waals surface area contributed by atoms with Crippen molar-refractivity contribution in [1.82, 2.24) is 0 Å². The second-order valence-corrected chi connectivity index (χ2v) is 3.52. The molecule has 0 aromatic heterocycles. The smallest absolute Gasteiger partial charge is 0.00976 e. The third kappa shape index (κ3) is 6.05. The summed E-state index contributed by atoms with van der Waals surface area (Å²) in [6.07, 6.45) is 3.98. The van der Waals surface area contributed by atoms with E-state index in [1.54, 1.807) is 0 Å². The summed E-state index contributed by atoms with van der Waals surface area (Å²) in [7, 11) is 0. The van der Waals surface area contributed by atoms with Crippen LogP contribution in [0.5, 0.6) is 0 Å². The summed E-state index contributed by atoms with van der Waals surface area (Å²) in [5, 5.41) is 0. The van der Waals surface area contributed by atoms with Crippen LogP contribution >= 0.6 is 0 Å². The molecule has 0 rings (SSSR count). The van der Waals surface area contributed by atoms with Crippen molar-refractivity contribution in [3.63, 3.8) is 0 Å². The molecule has 0 aromatic carbocycles. The summed E-state index contributed by atoms with van der Waals surface area (Å²) in [4.78, 5) is 0. The van der Waals surface area contributed by atoms with Crippen LogP contribution in [0, 0.1) is 6.42 Å². The zero-order valence-corrected chi connectivity index (χ0v) is 7.22. The van der Waals surface area contributed by atoms with Gasteiger partial charge in [0.1, 0.15) is 0 Å². The molecular formula is C8H19N2. The lowest BCUT2D eigenvalue weighted by Gasteiger charge is -2.19. The van der Waals surface area contributed by atoms with Gasteiger partial charge in [0, 0.05) is 11.6 Å². The van der Waals surface area contributed by atoms with Crippen LogP contribution in [0.4, 0.5) is 0 Å². The molecule has 1 unspecified atom stereocenters. The molecule has 2 heteroatoms. The van der Waals surface area contributed by atoms with Crippen LogP contribution in [0.15, 0.2) is 0 Å². The predicted molar refractivity (Wildman–Crippen MR) is 45.4 cm³/mol. The normalized spacial score (nSPS) is 15.3. The number of hydrogen-bond donors (Lipinski definition) is 2. The highest BCUT2D eigenvalue weighted by Gasteiger charge is 2.11. The van der Waals surface area contributed by atoms with Crippen molar-refractivity contribution in [3.05, 3.63) is 6.42 Å². The molecule has 61 valence electrons. The average molecular weight is 143 g/mol. The molecule has 0 heterocycles. The molecule has 1 atom stereocenters. The predicted octanol–water partition coefficient (Wildman–Crippen LogP) is 1.06. The van der Waals surface area contributed by atoms with Gasteiger partial charge >= 0.3 is 0 Å². The summed E-state index contributed by atoms with van der Waals surface area (Å²) in [6, 6.07) is 0.211. The summed E-state index contributed by atoms with van der Waals surface area (Å²) < 4.78 is 0. The van der Waals surface area contributed by atoms with Crippen LogP contribution in [0.2, 0.25) is 0 Å². The van der Waals surface area contributed by atoms with E-state index in [2.05, 4.69) is 0 Å². The Kier molecular flexibility index (Phi) is 3.91. The SMILES string of the molecule is C[CH]C(N)CCC(C)(C)N. The molecule has 0 bridgehead atoms. The highest BCUT2D eigenvalue weighted by molar-refractivity contribution is 4.80. The van der Waals surface area contributed by atoms with E-state index in [-0.39, 0.29) is 11.6 Å². The van der Waals surface area contributed by atoms with Crippen LogP contribution in [-0.2, 0) is 0 Å². The van der Waals surface area contributed by atoms with Gasteiger partial charge < -0.3 is 11.5 Å². The highest BCUT2D eigenvalue weighted by Crippen LogP contribution is 2.09. The number of rotatable bonds is 4. The zero-order chi connectivity index (χ0) is 8.20. The minimum Gasteiger partial charge on any atom is -0.327 e. The molecular weight excluding hydrogens is 124 g/mol. The van der Waals surface area contributed by atoms with E-state index in [0.29, 0.717) is 0 Å². The van der Waals surface area contributed by atoms with Gasteiger partial charge in [0.15, 0.2) is 0 Å². The Hall–Kier alpha value is -0.0800. The first kappa shape index (κ1) is 9.92. The lowest BCUT2D eigenvalue weighted by atomic mass is 9.96. The maximum atomic E-state index is 5.77. The van der Waals surface area contributed by atoms with E-state index in [1.807, 2.05) is 27.2 Å². The fraction of sp³-hybridized carbons (Fsp3) is 0.875. The standard InChI is InChI=1S/C8H19N2/c1-4-7(9)5-6-8(2,3)10/h4,7H,5-6,9-10H2,1-3H3. The molecule has 2 nitrogen and oxygen atoms in total. The topological polar surface area (TPSA) is 52.0 Å². The van der Waals surface area contributed by atoms with Gasteiger partial charge in [0.2, 0.25) is 0 Å². The highest BCUT2D eigenvalue weighted by atomic mass is 14.7. The second kappa shape index (κ2) is 3.94. The number of hydrogen-bond acceptors (Lipinski definition) is 2. The first-order valence-corrected chi connectivity index (χ1v) is 3.79. The molecule has 4 N–H and O–H groups in total. The zero-order valence-electron chi connectivity index (χ0n) is 7.22. The van der Waals surface area contributed by atoms with Crippen molar-refractivity contribution in [1.29, 1.82) is 0 Å². The summed E-state index contributed by atoms with van der Waals surface area (Å²) in [5.41, 5.74) is 11.4. The lowest BCUT2D eigenvalue weighted by molar-refractivity contribution is 0.441. The molecule has 0 aliphatic rings. The third-order valence-corrected chi connectivity index (χ3v) is 1.55. The Bertz CT molecular complexity index is 83.7. The van der Waals surface area contributed by atoms with Crippen LogP contribution in [0.25, 0.3) is 0 Å². The largest absolute Gasteiger partial charge is 0.327 e. The first-order valence-electron chi connectivity index (χ1n) is 3.79. The van der Waals surface area contributed by atoms with E-state index < -0.39 is 0 Å². The third-order valence-electron chi connectivity index (χ3n) is 1.55. The quantitative estimate of drug-likeness (QED) is 0.618. The van der Waals surface area contributed by atoms with Crippen molar-refractivity contribution < 1.29 is 0 Å². The van der Waals surface area contributed by atoms with Crippen molar-refractivity contribution in [3.8, 4) is 0 Å². The Labute approximate surface area is 64.0 Å². The molecule has 10 heavy (non-hydrogen) atoms. The maximum absolute atomic E-state index is 5.77. The average Bonchev–Trinajstić information content (AvgIpc) is 1.81. The molecule has 0 aliphatic heterocycles. The Morgan fingerprint density at radius 2 is 2.00 bits per heavy atom. The van der Waals surface area contributed by atoms with Crippen molar-refractivity contribution >= 4 is 0 Å². The molecule has 0 saturated carbocycles. The van der Waals surface area contributed by atoms with E-state index in [0.717, 1.165) is 12.8 Å². The fourth-order valence-electron chi connectivity index (χ4n) is 0.705. The van der Waals surface area contributed by atoms with E-state index >= 15 is 0 Å². The Morgan fingerprint density at radius 3 is 2.30 bits per heavy atom. The molecule has 1 radical (unpaired) electrons. The van der Waals surface area contributed by atoms with Crippen molar-refractivity contribution in [2.24, 2.45) is 11.5 Å². The maximum Gasteiger partial charge on any atom is 0.00976 e. The Balaban J connectivity index is 3.36. The molecule has 0 aromatic rings. The van der Waals surface area contributed by atoms with Crippen LogP contribution in [-0.4, -0.2) is 11.6 Å². The molecule has 0 aliphatic carbocycles. The van der Waals surface area contributed by atoms with Gasteiger partial charge in [-0.25, -0.2) is 0 Å². The molecule has 0 fully saturated rings. The lowest BCUT2D eigenvalue weighted by Crippen LogP contribution is -2.34. The van der Waals surface area contributed by atoms with Gasteiger partial charge in [-0.1, -0.05) is 6.92 Å². The van der Waals surface area contributed by atoms with Gasteiger partial charge in [-0.2, -0.15) is 0 Å². The van der Waals surface area contributed by atoms with Gasteiger partial charge in [-0.3, -0.25) is 0 Å².